The van der Waals surface area contributed by atoms with Gasteiger partial charge in [-0.05, 0) is 41.8 Å². The smallest absolute Gasteiger partial charge is 0.323 e. The molecule has 1 aliphatic rings. The van der Waals surface area contributed by atoms with Crippen molar-refractivity contribution >= 4 is 28.9 Å². The number of carbonyl (C=O) groups is 2. The van der Waals surface area contributed by atoms with Crippen molar-refractivity contribution in [1.29, 1.82) is 5.26 Å². The molecule has 0 unspecified atom stereocenters. The predicted octanol–water partition coefficient (Wildman–Crippen LogP) is 3.36. The maximum atomic E-state index is 13.8. The number of carboxylic acid groups (broad SMARTS) is 1. The second-order valence-corrected chi connectivity index (χ2v) is 7.18. The van der Waals surface area contributed by atoms with E-state index in [2.05, 4.69) is 0 Å². The van der Waals surface area contributed by atoms with Crippen LogP contribution in [0.1, 0.15) is 16.7 Å². The van der Waals surface area contributed by atoms with Gasteiger partial charge in [0, 0.05) is 35.8 Å². The Morgan fingerprint density at radius 2 is 1.97 bits per heavy atom. The highest BCUT2D eigenvalue weighted by molar-refractivity contribution is 6.04. The Bertz CT molecular complexity index is 1240. The van der Waals surface area contributed by atoms with Crippen LogP contribution >= 0.6 is 0 Å². The van der Waals surface area contributed by atoms with Crippen molar-refractivity contribution in [3.8, 4) is 6.07 Å². The molecule has 1 amide bonds. The lowest BCUT2D eigenvalue weighted by Crippen LogP contribution is -2.36. The fraction of sp³-hybridized carbons (Fsp3) is 0.174. The first-order valence-electron chi connectivity index (χ1n) is 9.44. The van der Waals surface area contributed by atoms with Crippen LogP contribution in [0.25, 0.3) is 17.0 Å². The van der Waals surface area contributed by atoms with Crippen LogP contribution in [-0.4, -0.2) is 33.0 Å². The molecule has 2 heterocycles. The number of halogens is 1. The standard InChI is InChI=1S/C23H18FN3O3/c24-19-5-6-21-20(10-19)18(13-27(21)14-22(28)29)9-17(11-25)23(30)26-8-7-15-3-1-2-4-16(15)12-26/h1-6,9-10,13H,7-8,12,14H2,(H,28,29). The third-order valence-corrected chi connectivity index (χ3v) is 5.25. The number of amides is 1. The molecule has 3 aromatic rings. The van der Waals surface area contributed by atoms with Gasteiger partial charge in [0.25, 0.3) is 5.91 Å². The van der Waals surface area contributed by atoms with Gasteiger partial charge in [0.2, 0.25) is 0 Å². The number of nitrogens with zero attached hydrogens (tertiary/aromatic N) is 3. The van der Waals surface area contributed by atoms with Gasteiger partial charge in [-0.2, -0.15) is 5.26 Å². The molecule has 1 aromatic heterocycles. The summed E-state index contributed by atoms with van der Waals surface area (Å²) < 4.78 is 15.3. The van der Waals surface area contributed by atoms with Gasteiger partial charge in [0.1, 0.15) is 24.0 Å². The summed E-state index contributed by atoms with van der Waals surface area (Å²) in [6.07, 6.45) is 3.64. The van der Waals surface area contributed by atoms with Crippen molar-refractivity contribution in [3.63, 3.8) is 0 Å². The average molecular weight is 403 g/mol. The molecule has 0 spiro atoms. The summed E-state index contributed by atoms with van der Waals surface area (Å²) in [5, 5.41) is 19.2. The van der Waals surface area contributed by atoms with Gasteiger partial charge >= 0.3 is 5.97 Å². The lowest BCUT2D eigenvalue weighted by molar-refractivity contribution is -0.137. The zero-order valence-corrected chi connectivity index (χ0v) is 16.0. The molecular weight excluding hydrogens is 385 g/mol. The van der Waals surface area contributed by atoms with Crippen molar-refractivity contribution in [1.82, 2.24) is 9.47 Å². The van der Waals surface area contributed by atoms with Crippen LogP contribution in [0.4, 0.5) is 4.39 Å². The van der Waals surface area contributed by atoms with Gasteiger partial charge in [-0.15, -0.1) is 0 Å². The Morgan fingerprint density at radius 1 is 1.20 bits per heavy atom. The fourth-order valence-corrected chi connectivity index (χ4v) is 3.83. The van der Waals surface area contributed by atoms with Crippen molar-refractivity contribution in [2.24, 2.45) is 0 Å². The van der Waals surface area contributed by atoms with Crippen LogP contribution in [0.15, 0.2) is 54.2 Å². The minimum atomic E-state index is -1.05. The Hall–Kier alpha value is -3.92. The highest BCUT2D eigenvalue weighted by Gasteiger charge is 2.23. The Labute approximate surface area is 172 Å². The number of benzene rings is 2. The Morgan fingerprint density at radius 3 is 2.70 bits per heavy atom. The maximum Gasteiger partial charge on any atom is 0.323 e. The molecule has 1 aliphatic heterocycles. The molecule has 0 atom stereocenters. The van der Waals surface area contributed by atoms with Crippen LogP contribution in [0.3, 0.4) is 0 Å². The molecule has 4 rings (SSSR count). The number of carbonyl (C=O) groups excluding carboxylic acids is 1. The van der Waals surface area contributed by atoms with E-state index in [1.54, 1.807) is 4.90 Å². The highest BCUT2D eigenvalue weighted by atomic mass is 19.1. The number of rotatable bonds is 4. The Balaban J connectivity index is 1.70. The first-order chi connectivity index (χ1) is 14.5. The third-order valence-electron chi connectivity index (χ3n) is 5.25. The first-order valence-corrected chi connectivity index (χ1v) is 9.44. The molecule has 0 bridgehead atoms. The molecule has 2 aromatic carbocycles. The number of aromatic nitrogens is 1. The summed E-state index contributed by atoms with van der Waals surface area (Å²) in [6.45, 7) is 0.614. The monoisotopic (exact) mass is 403 g/mol. The van der Waals surface area contributed by atoms with Crippen molar-refractivity contribution in [2.45, 2.75) is 19.5 Å². The van der Waals surface area contributed by atoms with E-state index in [-0.39, 0.29) is 12.1 Å². The van der Waals surface area contributed by atoms with E-state index in [0.29, 0.717) is 36.0 Å². The number of fused-ring (bicyclic) bond motifs is 2. The minimum absolute atomic E-state index is 0.0759. The highest BCUT2D eigenvalue weighted by Crippen LogP contribution is 2.26. The molecule has 6 nitrogen and oxygen atoms in total. The molecule has 7 heteroatoms. The van der Waals surface area contributed by atoms with Gasteiger partial charge in [0.15, 0.2) is 0 Å². The van der Waals surface area contributed by atoms with E-state index in [0.717, 1.165) is 5.56 Å². The SMILES string of the molecule is N#CC(=Cc1cn(CC(=O)O)c2ccc(F)cc12)C(=O)N1CCc2ccccc2C1. The van der Waals surface area contributed by atoms with Gasteiger partial charge in [-0.1, -0.05) is 24.3 Å². The molecule has 0 fully saturated rings. The van der Waals surface area contributed by atoms with Crippen LogP contribution < -0.4 is 0 Å². The third kappa shape index (κ3) is 3.67. The number of hydrogen-bond acceptors (Lipinski definition) is 3. The zero-order valence-electron chi connectivity index (χ0n) is 16.0. The van der Waals surface area contributed by atoms with Crippen LogP contribution in [0, 0.1) is 17.1 Å². The average Bonchev–Trinajstić information content (AvgIpc) is 3.06. The van der Waals surface area contributed by atoms with Crippen molar-refractivity contribution < 1.29 is 19.1 Å². The molecule has 0 saturated heterocycles. The normalized spacial score (nSPS) is 13.7. The van der Waals surface area contributed by atoms with E-state index in [1.165, 1.54) is 40.6 Å². The van der Waals surface area contributed by atoms with Gasteiger partial charge in [-0.25, -0.2) is 4.39 Å². The van der Waals surface area contributed by atoms with Crippen LogP contribution in [0.5, 0.6) is 0 Å². The van der Waals surface area contributed by atoms with E-state index in [4.69, 9.17) is 5.11 Å². The summed E-state index contributed by atoms with van der Waals surface area (Å²) in [7, 11) is 0. The van der Waals surface area contributed by atoms with E-state index >= 15 is 0 Å². The summed E-state index contributed by atoms with van der Waals surface area (Å²) in [4.78, 5) is 25.8. The van der Waals surface area contributed by atoms with E-state index < -0.39 is 17.7 Å². The molecular formula is C23H18FN3O3. The second-order valence-electron chi connectivity index (χ2n) is 7.18. The molecule has 1 N–H and O–H groups in total. The predicted molar refractivity (Wildman–Crippen MR) is 109 cm³/mol. The number of aliphatic carboxylic acids is 1. The summed E-state index contributed by atoms with van der Waals surface area (Å²) >= 11 is 0. The summed E-state index contributed by atoms with van der Waals surface area (Å²) in [5.41, 5.74) is 3.11. The van der Waals surface area contributed by atoms with Crippen molar-refractivity contribution in [3.05, 3.63) is 76.7 Å². The molecule has 0 aliphatic carbocycles. The number of nitriles is 1. The van der Waals surface area contributed by atoms with Crippen LogP contribution in [-0.2, 0) is 29.1 Å². The molecule has 0 saturated carbocycles. The van der Waals surface area contributed by atoms with Gasteiger partial charge < -0.3 is 14.6 Å². The lowest BCUT2D eigenvalue weighted by atomic mass is 9.99. The lowest BCUT2D eigenvalue weighted by Gasteiger charge is -2.28. The quantitative estimate of drug-likeness (QED) is 0.535. The van der Waals surface area contributed by atoms with Crippen molar-refractivity contribution in [2.75, 3.05) is 6.54 Å². The molecule has 150 valence electrons. The Kier molecular flexibility index (Phi) is 5.07. The molecule has 30 heavy (non-hydrogen) atoms. The first kappa shape index (κ1) is 19.4. The largest absolute Gasteiger partial charge is 0.480 e. The minimum Gasteiger partial charge on any atom is -0.480 e. The maximum absolute atomic E-state index is 13.8. The molecule has 0 radical (unpaired) electrons. The van der Waals surface area contributed by atoms with Crippen LogP contribution in [0.2, 0.25) is 0 Å². The summed E-state index contributed by atoms with van der Waals surface area (Å²) in [6, 6.07) is 13.8. The van der Waals surface area contributed by atoms with Gasteiger partial charge in [-0.3, -0.25) is 9.59 Å². The van der Waals surface area contributed by atoms with E-state index in [1.807, 2.05) is 30.3 Å². The summed E-state index contributed by atoms with van der Waals surface area (Å²) in [5.74, 6) is -1.93. The fourth-order valence-electron chi connectivity index (χ4n) is 3.83. The number of carboxylic acids is 1. The second kappa shape index (κ2) is 7.84. The van der Waals surface area contributed by atoms with E-state index in [9.17, 15) is 19.2 Å². The number of hydrogen-bond donors (Lipinski definition) is 1. The van der Waals surface area contributed by atoms with Gasteiger partial charge in [0.05, 0.1) is 0 Å². The topological polar surface area (TPSA) is 86.3 Å². The zero-order chi connectivity index (χ0) is 21.3.